The van der Waals surface area contributed by atoms with E-state index in [0.717, 1.165) is 6.42 Å². The van der Waals surface area contributed by atoms with Gasteiger partial charge in [0.1, 0.15) is 0 Å². The van der Waals surface area contributed by atoms with E-state index in [9.17, 15) is 9.59 Å². The average molecular weight is 305 g/mol. The van der Waals surface area contributed by atoms with Crippen LogP contribution in [0.3, 0.4) is 0 Å². The van der Waals surface area contributed by atoms with Crippen molar-refractivity contribution in [1.29, 1.82) is 0 Å². The fraction of sp³-hybridized carbons (Fsp3) is 0.556. The minimum Gasteiger partial charge on any atom is -0.469 e. The third kappa shape index (κ3) is 5.51. The zero-order chi connectivity index (χ0) is 16.8. The molecule has 1 aromatic carbocycles. The van der Waals surface area contributed by atoms with Crippen molar-refractivity contribution in [2.75, 3.05) is 20.2 Å². The van der Waals surface area contributed by atoms with Crippen LogP contribution in [0.5, 0.6) is 0 Å². The van der Waals surface area contributed by atoms with Crippen molar-refractivity contribution < 1.29 is 14.3 Å². The Morgan fingerprint density at radius 1 is 1.18 bits per heavy atom. The van der Waals surface area contributed by atoms with Crippen LogP contribution in [0.2, 0.25) is 0 Å². The minimum absolute atomic E-state index is 0.0548. The molecule has 0 aromatic heterocycles. The van der Waals surface area contributed by atoms with Crippen molar-refractivity contribution in [1.82, 2.24) is 4.90 Å². The van der Waals surface area contributed by atoms with E-state index in [1.807, 2.05) is 51.1 Å². The van der Waals surface area contributed by atoms with E-state index in [-0.39, 0.29) is 17.8 Å². The number of methoxy groups -OCH3 is 1. The van der Waals surface area contributed by atoms with Crippen LogP contribution in [0.25, 0.3) is 0 Å². The Kier molecular flexibility index (Phi) is 6.60. The van der Waals surface area contributed by atoms with Gasteiger partial charge < -0.3 is 9.64 Å². The molecule has 1 atom stereocenters. The minimum atomic E-state index is -0.466. The van der Waals surface area contributed by atoms with Crippen LogP contribution in [-0.2, 0) is 20.7 Å². The number of carbonyl (C=O) groups excluding carboxylic acids is 2. The van der Waals surface area contributed by atoms with Crippen LogP contribution in [0.1, 0.15) is 33.3 Å². The van der Waals surface area contributed by atoms with E-state index in [0.29, 0.717) is 13.1 Å². The zero-order valence-electron chi connectivity index (χ0n) is 14.3. The summed E-state index contributed by atoms with van der Waals surface area (Å²) in [6.45, 7) is 8.46. The van der Waals surface area contributed by atoms with Gasteiger partial charge in [-0.3, -0.25) is 9.59 Å². The second-order valence-electron chi connectivity index (χ2n) is 6.66. The summed E-state index contributed by atoms with van der Waals surface area (Å²) >= 11 is 0. The Morgan fingerprint density at radius 3 is 2.27 bits per heavy atom. The lowest BCUT2D eigenvalue weighted by Crippen LogP contribution is -2.44. The number of ether oxygens (including phenoxy) is 1. The Balaban J connectivity index is 2.78. The second kappa shape index (κ2) is 7.97. The molecular formula is C18H27NO3. The predicted molar refractivity (Wildman–Crippen MR) is 87.4 cm³/mol. The fourth-order valence-corrected chi connectivity index (χ4v) is 2.27. The number of rotatable bonds is 6. The molecule has 1 aromatic rings. The number of nitrogens with zero attached hydrogens (tertiary/aromatic N) is 1. The van der Waals surface area contributed by atoms with E-state index in [1.54, 1.807) is 11.8 Å². The highest BCUT2D eigenvalue weighted by atomic mass is 16.5. The van der Waals surface area contributed by atoms with Gasteiger partial charge >= 0.3 is 5.97 Å². The van der Waals surface area contributed by atoms with Gasteiger partial charge in [0.2, 0.25) is 5.91 Å². The summed E-state index contributed by atoms with van der Waals surface area (Å²) in [4.78, 5) is 26.0. The van der Waals surface area contributed by atoms with Crippen molar-refractivity contribution in [3.63, 3.8) is 0 Å². The normalized spacial score (nSPS) is 12.6. The number of hydrogen-bond acceptors (Lipinski definition) is 3. The van der Waals surface area contributed by atoms with E-state index in [4.69, 9.17) is 4.74 Å². The lowest BCUT2D eigenvalue weighted by molar-refractivity contribution is -0.148. The van der Waals surface area contributed by atoms with Gasteiger partial charge in [-0.05, 0) is 12.0 Å². The van der Waals surface area contributed by atoms with Gasteiger partial charge in [-0.25, -0.2) is 0 Å². The van der Waals surface area contributed by atoms with E-state index in [2.05, 4.69) is 0 Å². The van der Waals surface area contributed by atoms with Crippen LogP contribution in [-0.4, -0.2) is 37.0 Å². The van der Waals surface area contributed by atoms with E-state index >= 15 is 0 Å². The third-order valence-corrected chi connectivity index (χ3v) is 3.54. The molecule has 0 aliphatic rings. The molecule has 1 unspecified atom stereocenters. The summed E-state index contributed by atoms with van der Waals surface area (Å²) in [5.41, 5.74) is 0.715. The highest BCUT2D eigenvalue weighted by molar-refractivity contribution is 5.82. The van der Waals surface area contributed by atoms with Crippen molar-refractivity contribution in [3.05, 3.63) is 35.9 Å². The summed E-state index contributed by atoms with van der Waals surface area (Å²) in [7, 11) is 1.37. The molecule has 4 heteroatoms. The van der Waals surface area contributed by atoms with E-state index in [1.165, 1.54) is 12.7 Å². The van der Waals surface area contributed by atoms with Gasteiger partial charge in [-0.2, -0.15) is 0 Å². The van der Waals surface area contributed by atoms with Gasteiger partial charge in [-0.15, -0.1) is 0 Å². The van der Waals surface area contributed by atoms with Crippen molar-refractivity contribution in [2.45, 2.75) is 34.1 Å². The first-order valence-corrected chi connectivity index (χ1v) is 7.67. The van der Waals surface area contributed by atoms with Crippen LogP contribution < -0.4 is 0 Å². The Bertz CT molecular complexity index is 491. The van der Waals surface area contributed by atoms with E-state index < -0.39 is 5.41 Å². The quantitative estimate of drug-likeness (QED) is 0.759. The molecule has 0 saturated carbocycles. The van der Waals surface area contributed by atoms with Crippen molar-refractivity contribution in [3.8, 4) is 0 Å². The molecule has 0 heterocycles. The first-order valence-electron chi connectivity index (χ1n) is 7.67. The maximum atomic E-state index is 12.6. The number of esters is 1. The SMILES string of the molecule is COC(=O)C(C)CN(CCc1ccccc1)C(=O)C(C)(C)C. The molecule has 0 bridgehead atoms. The monoisotopic (exact) mass is 305 g/mol. The molecule has 1 rings (SSSR count). The third-order valence-electron chi connectivity index (χ3n) is 3.54. The van der Waals surface area contributed by atoms with Crippen LogP contribution in [0.4, 0.5) is 0 Å². The first-order chi connectivity index (χ1) is 10.3. The Morgan fingerprint density at radius 2 is 1.77 bits per heavy atom. The molecule has 4 nitrogen and oxygen atoms in total. The topological polar surface area (TPSA) is 46.6 Å². The Hall–Kier alpha value is -1.84. The molecule has 0 saturated heterocycles. The first kappa shape index (κ1) is 18.2. The molecule has 0 aliphatic carbocycles. The number of hydrogen-bond donors (Lipinski definition) is 0. The smallest absolute Gasteiger partial charge is 0.310 e. The molecule has 0 spiro atoms. The Labute approximate surface area is 133 Å². The van der Waals surface area contributed by atoms with Crippen molar-refractivity contribution >= 4 is 11.9 Å². The summed E-state index contributed by atoms with van der Waals surface area (Å²) in [6, 6.07) is 10.0. The standard InChI is InChI=1S/C18H27NO3/c1-14(16(20)22-5)13-19(17(21)18(2,3)4)12-11-15-9-7-6-8-10-15/h6-10,14H,11-13H2,1-5H3. The summed E-state index contributed by atoms with van der Waals surface area (Å²) < 4.78 is 4.76. The molecule has 1 amide bonds. The zero-order valence-corrected chi connectivity index (χ0v) is 14.3. The molecule has 0 fully saturated rings. The maximum Gasteiger partial charge on any atom is 0.310 e. The summed E-state index contributed by atoms with van der Waals surface area (Å²) in [5, 5.41) is 0. The van der Waals surface area contributed by atoms with Gasteiger partial charge in [0, 0.05) is 18.5 Å². The fourth-order valence-electron chi connectivity index (χ4n) is 2.27. The summed E-state index contributed by atoms with van der Waals surface area (Å²) in [5.74, 6) is -0.558. The lowest BCUT2D eigenvalue weighted by atomic mass is 9.94. The highest BCUT2D eigenvalue weighted by Crippen LogP contribution is 2.19. The van der Waals surface area contributed by atoms with Crippen LogP contribution in [0.15, 0.2) is 30.3 Å². The largest absolute Gasteiger partial charge is 0.469 e. The number of amides is 1. The lowest BCUT2D eigenvalue weighted by Gasteiger charge is -2.31. The van der Waals surface area contributed by atoms with Crippen LogP contribution >= 0.6 is 0 Å². The molecular weight excluding hydrogens is 278 g/mol. The predicted octanol–water partition coefficient (Wildman–Crippen LogP) is 2.91. The molecule has 0 aliphatic heterocycles. The van der Waals surface area contributed by atoms with Gasteiger partial charge in [0.15, 0.2) is 0 Å². The maximum absolute atomic E-state index is 12.6. The van der Waals surface area contributed by atoms with Gasteiger partial charge in [-0.1, -0.05) is 58.0 Å². The highest BCUT2D eigenvalue weighted by Gasteiger charge is 2.29. The molecule has 0 radical (unpaired) electrons. The number of carbonyl (C=O) groups is 2. The van der Waals surface area contributed by atoms with Crippen molar-refractivity contribution in [2.24, 2.45) is 11.3 Å². The molecule has 22 heavy (non-hydrogen) atoms. The average Bonchev–Trinajstić information content (AvgIpc) is 2.49. The van der Waals surface area contributed by atoms with Gasteiger partial charge in [0.05, 0.1) is 13.0 Å². The molecule has 122 valence electrons. The second-order valence-corrected chi connectivity index (χ2v) is 6.66. The van der Waals surface area contributed by atoms with Gasteiger partial charge in [0.25, 0.3) is 0 Å². The van der Waals surface area contributed by atoms with Crippen LogP contribution in [0, 0.1) is 11.3 Å². The number of benzene rings is 1. The molecule has 0 N–H and O–H groups in total. The summed E-state index contributed by atoms with van der Waals surface area (Å²) in [6.07, 6.45) is 0.774.